The number of benzene rings is 1. The number of carbonyl (C=O) groups is 1. The number of ether oxygens (including phenoxy) is 2. The smallest absolute Gasteiger partial charge is 0.335 e. The summed E-state index contributed by atoms with van der Waals surface area (Å²) in [6.07, 6.45) is -3.40. The molecule has 0 aliphatic carbocycles. The number of rotatable bonds is 7. The topological polar surface area (TPSA) is 140 Å². The maximum atomic E-state index is 13.5. The standard InChI is InChI=1S/C16H19FN4O6S/c1-9(17)14(22)10-6-4-5-7-11(10)28(24,25)21-16(23)20-15-18-12(26-2)8-13(19-15)27-3/h4-9,14,22H,1-3H3,(H2,18,19,20,21,23)/t9-,14-/m1/s1. The number of halogens is 1. The van der Waals surface area contributed by atoms with E-state index in [2.05, 4.69) is 15.3 Å². The van der Waals surface area contributed by atoms with E-state index in [0.717, 1.165) is 13.0 Å². The number of aliphatic hydroxyl groups is 1. The van der Waals surface area contributed by atoms with Crippen LogP contribution in [0.25, 0.3) is 0 Å². The van der Waals surface area contributed by atoms with E-state index in [0.29, 0.717) is 0 Å². The van der Waals surface area contributed by atoms with Crippen molar-refractivity contribution >= 4 is 22.0 Å². The Bertz CT molecular complexity index is 932. The molecule has 152 valence electrons. The first kappa shape index (κ1) is 21.3. The van der Waals surface area contributed by atoms with E-state index in [-0.39, 0.29) is 23.3 Å². The molecule has 0 bridgehead atoms. The number of hydrogen-bond acceptors (Lipinski definition) is 8. The third-order valence-corrected chi connectivity index (χ3v) is 4.92. The van der Waals surface area contributed by atoms with Crippen LogP contribution in [0, 0.1) is 0 Å². The number of carbonyl (C=O) groups excluding carboxylic acids is 1. The zero-order chi connectivity index (χ0) is 20.9. The van der Waals surface area contributed by atoms with Crippen molar-refractivity contribution in [1.29, 1.82) is 0 Å². The molecule has 0 fully saturated rings. The van der Waals surface area contributed by atoms with Crippen molar-refractivity contribution in [3.63, 3.8) is 0 Å². The van der Waals surface area contributed by atoms with Crippen LogP contribution in [-0.4, -0.2) is 49.9 Å². The van der Waals surface area contributed by atoms with Gasteiger partial charge in [0.25, 0.3) is 10.0 Å². The minimum Gasteiger partial charge on any atom is -0.481 e. The average Bonchev–Trinajstić information content (AvgIpc) is 2.66. The number of aliphatic hydroxyl groups excluding tert-OH is 1. The molecule has 2 rings (SSSR count). The molecule has 0 aliphatic heterocycles. The van der Waals surface area contributed by atoms with E-state index in [1.165, 1.54) is 38.5 Å². The molecule has 1 aromatic heterocycles. The number of amides is 2. The van der Waals surface area contributed by atoms with Crippen LogP contribution >= 0.6 is 0 Å². The second kappa shape index (κ2) is 8.80. The Balaban J connectivity index is 2.25. The number of hydrogen-bond donors (Lipinski definition) is 3. The van der Waals surface area contributed by atoms with Gasteiger partial charge in [-0.05, 0) is 13.0 Å². The van der Waals surface area contributed by atoms with Crippen LogP contribution in [0.5, 0.6) is 11.8 Å². The summed E-state index contributed by atoms with van der Waals surface area (Å²) in [7, 11) is -1.75. The first-order valence-electron chi connectivity index (χ1n) is 7.90. The van der Waals surface area contributed by atoms with Crippen LogP contribution in [0.1, 0.15) is 18.6 Å². The molecular weight excluding hydrogens is 395 g/mol. The van der Waals surface area contributed by atoms with Crippen molar-refractivity contribution in [1.82, 2.24) is 14.7 Å². The van der Waals surface area contributed by atoms with Crippen LogP contribution in [-0.2, 0) is 10.0 Å². The van der Waals surface area contributed by atoms with Gasteiger partial charge in [-0.25, -0.2) is 22.3 Å². The summed E-state index contributed by atoms with van der Waals surface area (Å²) >= 11 is 0. The lowest BCUT2D eigenvalue weighted by atomic mass is 10.1. The first-order chi connectivity index (χ1) is 13.2. The molecular formula is C16H19FN4O6S. The third-order valence-electron chi connectivity index (χ3n) is 3.51. The molecule has 0 radical (unpaired) electrons. The number of anilines is 1. The highest BCUT2D eigenvalue weighted by atomic mass is 32.2. The van der Waals surface area contributed by atoms with Crippen molar-refractivity contribution in [2.45, 2.75) is 24.1 Å². The van der Waals surface area contributed by atoms with Gasteiger partial charge < -0.3 is 14.6 Å². The molecule has 12 heteroatoms. The van der Waals surface area contributed by atoms with Gasteiger partial charge in [0.05, 0.1) is 25.2 Å². The molecule has 10 nitrogen and oxygen atoms in total. The fraction of sp³-hybridized carbons (Fsp3) is 0.312. The van der Waals surface area contributed by atoms with Gasteiger partial charge in [-0.2, -0.15) is 9.97 Å². The van der Waals surface area contributed by atoms with Gasteiger partial charge in [0, 0.05) is 5.56 Å². The van der Waals surface area contributed by atoms with E-state index in [1.807, 2.05) is 0 Å². The second-order valence-corrected chi connectivity index (χ2v) is 7.15. The van der Waals surface area contributed by atoms with Gasteiger partial charge in [0.15, 0.2) is 0 Å². The largest absolute Gasteiger partial charge is 0.481 e. The summed E-state index contributed by atoms with van der Waals surface area (Å²) in [6, 6.07) is 5.39. The maximum Gasteiger partial charge on any atom is 0.335 e. The highest BCUT2D eigenvalue weighted by molar-refractivity contribution is 7.90. The molecule has 0 unspecified atom stereocenters. The molecule has 0 saturated heterocycles. The fourth-order valence-corrected chi connectivity index (χ4v) is 3.35. The number of nitrogens with one attached hydrogen (secondary N) is 2. The summed E-state index contributed by atoms with van der Waals surface area (Å²) < 4.78 is 50.1. The normalized spacial score (nSPS) is 13.3. The van der Waals surface area contributed by atoms with Gasteiger partial charge >= 0.3 is 6.03 Å². The quantitative estimate of drug-likeness (QED) is 0.618. The predicted octanol–water partition coefficient (Wildman–Crippen LogP) is 1.40. The third kappa shape index (κ3) is 5.04. The molecule has 28 heavy (non-hydrogen) atoms. The Morgan fingerprint density at radius 3 is 2.29 bits per heavy atom. The predicted molar refractivity (Wildman–Crippen MR) is 96.4 cm³/mol. The summed E-state index contributed by atoms with van der Waals surface area (Å²) in [5.74, 6) is -0.111. The lowest BCUT2D eigenvalue weighted by Crippen LogP contribution is -2.35. The fourth-order valence-electron chi connectivity index (χ4n) is 2.19. The summed E-state index contributed by atoms with van der Waals surface area (Å²) in [6.45, 7) is 1.09. The van der Waals surface area contributed by atoms with Crippen molar-refractivity contribution in [2.75, 3.05) is 19.5 Å². The van der Waals surface area contributed by atoms with E-state index in [4.69, 9.17) is 9.47 Å². The van der Waals surface area contributed by atoms with Gasteiger partial charge in [0.1, 0.15) is 12.3 Å². The molecule has 0 saturated carbocycles. The SMILES string of the molecule is COc1cc(OC)nc(NC(=O)NS(=O)(=O)c2ccccc2[C@H](O)[C@@H](C)F)n1. The van der Waals surface area contributed by atoms with Crippen LogP contribution in [0.3, 0.4) is 0 Å². The monoisotopic (exact) mass is 414 g/mol. The molecule has 2 aromatic rings. The number of aromatic nitrogens is 2. The van der Waals surface area contributed by atoms with E-state index in [1.54, 1.807) is 4.72 Å². The molecule has 1 aromatic carbocycles. The Morgan fingerprint density at radius 2 is 1.75 bits per heavy atom. The first-order valence-corrected chi connectivity index (χ1v) is 9.38. The minimum absolute atomic E-state index is 0.0791. The summed E-state index contributed by atoms with van der Waals surface area (Å²) in [4.78, 5) is 19.4. The van der Waals surface area contributed by atoms with Crippen LogP contribution in [0.2, 0.25) is 0 Å². The number of alkyl halides is 1. The lowest BCUT2D eigenvalue weighted by molar-refractivity contribution is 0.0859. The molecule has 0 spiro atoms. The molecule has 2 atom stereocenters. The zero-order valence-electron chi connectivity index (χ0n) is 15.2. The Hall–Kier alpha value is -2.99. The van der Waals surface area contributed by atoms with Crippen molar-refractivity contribution < 1.29 is 32.2 Å². The molecule has 2 amide bonds. The summed E-state index contributed by atoms with van der Waals surface area (Å²) in [5, 5.41) is 12.1. The van der Waals surface area contributed by atoms with Crippen LogP contribution in [0.4, 0.5) is 15.1 Å². The molecule has 3 N–H and O–H groups in total. The molecule has 1 heterocycles. The Morgan fingerprint density at radius 1 is 1.18 bits per heavy atom. The van der Waals surface area contributed by atoms with Crippen molar-refractivity contribution in [2.24, 2.45) is 0 Å². The van der Waals surface area contributed by atoms with Crippen LogP contribution in [0.15, 0.2) is 35.2 Å². The summed E-state index contributed by atoms with van der Waals surface area (Å²) in [5.41, 5.74) is -0.183. The van der Waals surface area contributed by atoms with Gasteiger partial charge in [-0.1, -0.05) is 18.2 Å². The van der Waals surface area contributed by atoms with Gasteiger partial charge in [-0.3, -0.25) is 5.32 Å². The maximum absolute atomic E-state index is 13.5. The number of nitrogens with zero attached hydrogens (tertiary/aromatic N) is 2. The van der Waals surface area contributed by atoms with Crippen molar-refractivity contribution in [3.05, 3.63) is 35.9 Å². The number of urea groups is 1. The van der Waals surface area contributed by atoms with Gasteiger partial charge in [-0.15, -0.1) is 0 Å². The average molecular weight is 414 g/mol. The van der Waals surface area contributed by atoms with Gasteiger partial charge in [0.2, 0.25) is 17.7 Å². The number of methoxy groups -OCH3 is 2. The molecule has 0 aliphatic rings. The lowest BCUT2D eigenvalue weighted by Gasteiger charge is -2.17. The minimum atomic E-state index is -4.43. The highest BCUT2D eigenvalue weighted by Crippen LogP contribution is 2.26. The zero-order valence-corrected chi connectivity index (χ0v) is 16.0. The Kier molecular flexibility index (Phi) is 6.70. The Labute approximate surface area is 160 Å². The van der Waals surface area contributed by atoms with E-state index < -0.39 is 33.2 Å². The van der Waals surface area contributed by atoms with E-state index in [9.17, 15) is 22.7 Å². The van der Waals surface area contributed by atoms with Crippen LogP contribution < -0.4 is 19.5 Å². The van der Waals surface area contributed by atoms with E-state index >= 15 is 0 Å². The second-order valence-electron chi connectivity index (χ2n) is 5.50. The van der Waals surface area contributed by atoms with Crippen molar-refractivity contribution in [3.8, 4) is 11.8 Å². The number of sulfonamides is 1. The highest BCUT2D eigenvalue weighted by Gasteiger charge is 2.27.